The molecule has 0 N–H and O–H groups in total. The van der Waals surface area contributed by atoms with Crippen LogP contribution in [0.3, 0.4) is 0 Å². The van der Waals surface area contributed by atoms with Gasteiger partial charge in [0.25, 0.3) is 11.6 Å². The number of nitro groups is 1. The standard InChI is InChI=1S/C13H17N7O6S/c1-3-19(6-7-26-27(23,24)25)11-5-4-10(8-12(11)20(21)22)15-16-13-14-9-18(2)17-13/h4-5,8-9H,3,6-7H2,1-2H3,(H,23,24,25)/p-1. The molecule has 0 bridgehead atoms. The summed E-state index contributed by atoms with van der Waals surface area (Å²) in [5, 5.41) is 23.0. The minimum atomic E-state index is -4.83. The number of azo groups is 1. The average Bonchev–Trinajstić information content (AvgIpc) is 3.01. The van der Waals surface area contributed by atoms with Gasteiger partial charge in [-0.1, -0.05) is 0 Å². The van der Waals surface area contributed by atoms with E-state index in [2.05, 4.69) is 24.5 Å². The van der Waals surface area contributed by atoms with Gasteiger partial charge in [0, 0.05) is 26.2 Å². The Hall–Kier alpha value is -2.97. The third-order valence-corrected chi connectivity index (χ3v) is 3.76. The Bertz CT molecular complexity index is 942. The van der Waals surface area contributed by atoms with E-state index in [1.54, 1.807) is 14.0 Å². The fourth-order valence-electron chi connectivity index (χ4n) is 2.16. The second-order valence-corrected chi connectivity index (χ2v) is 6.21. The maximum absolute atomic E-state index is 11.4. The van der Waals surface area contributed by atoms with Crippen molar-refractivity contribution in [3.63, 3.8) is 0 Å². The molecular formula is C13H16N7O6S-. The summed E-state index contributed by atoms with van der Waals surface area (Å²) < 4.78 is 37.1. The number of rotatable bonds is 9. The quantitative estimate of drug-likeness (QED) is 0.199. The van der Waals surface area contributed by atoms with E-state index >= 15 is 0 Å². The maximum Gasteiger partial charge on any atom is 0.294 e. The van der Waals surface area contributed by atoms with E-state index in [0.717, 1.165) is 0 Å². The number of benzene rings is 1. The summed E-state index contributed by atoms with van der Waals surface area (Å²) in [5.41, 5.74) is 0.184. The molecule has 0 unspecified atom stereocenters. The molecule has 0 spiro atoms. The third kappa shape index (κ3) is 6.05. The van der Waals surface area contributed by atoms with Gasteiger partial charge in [-0.3, -0.25) is 19.0 Å². The molecule has 2 rings (SSSR count). The fraction of sp³-hybridized carbons (Fsp3) is 0.385. The monoisotopic (exact) mass is 398 g/mol. The van der Waals surface area contributed by atoms with E-state index in [0.29, 0.717) is 6.54 Å². The molecule has 1 aromatic carbocycles. The molecule has 1 heterocycles. The molecule has 0 aliphatic heterocycles. The third-order valence-electron chi connectivity index (χ3n) is 3.31. The van der Waals surface area contributed by atoms with Gasteiger partial charge in [0.05, 0.1) is 17.2 Å². The summed E-state index contributed by atoms with van der Waals surface area (Å²) in [5.74, 6) is 0.107. The Morgan fingerprint density at radius 3 is 2.67 bits per heavy atom. The molecule has 13 nitrogen and oxygen atoms in total. The zero-order valence-electron chi connectivity index (χ0n) is 14.4. The summed E-state index contributed by atoms with van der Waals surface area (Å²) in [4.78, 5) is 16.2. The van der Waals surface area contributed by atoms with E-state index in [1.807, 2.05) is 0 Å². The minimum Gasteiger partial charge on any atom is -0.726 e. The lowest BCUT2D eigenvalue weighted by Gasteiger charge is -2.23. The number of likely N-dealkylation sites (N-methyl/N-ethyl adjacent to an activating group) is 1. The van der Waals surface area contributed by atoms with Crippen LogP contribution in [0.4, 0.5) is 23.0 Å². The number of nitro benzene ring substituents is 1. The van der Waals surface area contributed by atoms with Crippen molar-refractivity contribution in [2.75, 3.05) is 24.6 Å². The number of hydrogen-bond acceptors (Lipinski definition) is 11. The molecule has 2 aromatic rings. The normalized spacial score (nSPS) is 11.8. The second kappa shape index (κ2) is 8.61. The van der Waals surface area contributed by atoms with E-state index in [9.17, 15) is 23.1 Å². The van der Waals surface area contributed by atoms with Gasteiger partial charge in [-0.25, -0.2) is 8.42 Å². The zero-order valence-corrected chi connectivity index (χ0v) is 15.2. The van der Waals surface area contributed by atoms with E-state index in [-0.39, 0.29) is 29.6 Å². The lowest BCUT2D eigenvalue weighted by Crippen LogP contribution is -2.28. The highest BCUT2D eigenvalue weighted by atomic mass is 32.3. The highest BCUT2D eigenvalue weighted by molar-refractivity contribution is 7.80. The van der Waals surface area contributed by atoms with Crippen molar-refractivity contribution in [1.29, 1.82) is 0 Å². The molecule has 1 aromatic heterocycles. The summed E-state index contributed by atoms with van der Waals surface area (Å²) in [6.45, 7) is 1.58. The number of hydrogen-bond donors (Lipinski definition) is 0. The van der Waals surface area contributed by atoms with E-state index in [4.69, 9.17) is 0 Å². The second-order valence-electron chi connectivity index (χ2n) is 5.16. The average molecular weight is 398 g/mol. The molecule has 0 fully saturated rings. The van der Waals surface area contributed by atoms with E-state index in [1.165, 1.54) is 34.1 Å². The summed E-state index contributed by atoms with van der Waals surface area (Å²) in [6.07, 6.45) is 1.43. The van der Waals surface area contributed by atoms with Crippen LogP contribution in [0, 0.1) is 10.1 Å². The molecule has 27 heavy (non-hydrogen) atoms. The first-order chi connectivity index (χ1) is 12.7. The van der Waals surface area contributed by atoms with Crippen LogP contribution in [0.25, 0.3) is 0 Å². The molecule has 0 aliphatic rings. The zero-order chi connectivity index (χ0) is 20.0. The molecular weight excluding hydrogens is 382 g/mol. The van der Waals surface area contributed by atoms with Gasteiger partial charge in [0.2, 0.25) is 10.4 Å². The largest absolute Gasteiger partial charge is 0.726 e. The molecule has 0 amide bonds. The van der Waals surface area contributed by atoms with Crippen molar-refractivity contribution >= 4 is 33.4 Å². The predicted octanol–water partition coefficient (Wildman–Crippen LogP) is 1.44. The van der Waals surface area contributed by atoms with Gasteiger partial charge in [-0.2, -0.15) is 4.98 Å². The smallest absolute Gasteiger partial charge is 0.294 e. The lowest BCUT2D eigenvalue weighted by molar-refractivity contribution is -0.384. The Labute approximate surface area is 154 Å². The topological polar surface area (TPSA) is 168 Å². The predicted molar refractivity (Wildman–Crippen MR) is 91.8 cm³/mol. The number of nitrogens with zero attached hydrogens (tertiary/aromatic N) is 7. The van der Waals surface area contributed by atoms with Gasteiger partial charge in [0.1, 0.15) is 12.0 Å². The Morgan fingerprint density at radius 1 is 1.37 bits per heavy atom. The van der Waals surface area contributed by atoms with Gasteiger partial charge in [-0.05, 0) is 19.1 Å². The molecule has 14 heteroatoms. The van der Waals surface area contributed by atoms with Crippen molar-refractivity contribution in [3.05, 3.63) is 34.6 Å². The van der Waals surface area contributed by atoms with Crippen LogP contribution < -0.4 is 4.90 Å². The van der Waals surface area contributed by atoms with Crippen molar-refractivity contribution in [1.82, 2.24) is 14.8 Å². The Kier molecular flexibility index (Phi) is 6.49. The SMILES string of the molecule is CCN(CCOS(=O)(=O)[O-])c1ccc(N=Nc2ncn(C)n2)cc1[N+](=O)[O-]. The molecule has 0 aliphatic carbocycles. The van der Waals surface area contributed by atoms with Crippen LogP contribution in [-0.4, -0.2) is 52.4 Å². The lowest BCUT2D eigenvalue weighted by atomic mass is 10.2. The molecule has 0 radical (unpaired) electrons. The van der Waals surface area contributed by atoms with Gasteiger partial charge in [-0.15, -0.1) is 15.3 Å². The van der Waals surface area contributed by atoms with Crippen molar-refractivity contribution in [2.45, 2.75) is 6.92 Å². The Balaban J connectivity index is 2.22. The van der Waals surface area contributed by atoms with E-state index < -0.39 is 21.9 Å². The number of aromatic nitrogens is 3. The fourth-order valence-corrected chi connectivity index (χ4v) is 2.44. The summed E-state index contributed by atoms with van der Waals surface area (Å²) in [6, 6.07) is 4.17. The minimum absolute atomic E-state index is 0.0302. The highest BCUT2D eigenvalue weighted by Crippen LogP contribution is 2.32. The van der Waals surface area contributed by atoms with Crippen LogP contribution in [0.2, 0.25) is 0 Å². The molecule has 0 saturated heterocycles. The number of aryl methyl sites for hydroxylation is 1. The van der Waals surface area contributed by atoms with Crippen LogP contribution in [0.15, 0.2) is 34.8 Å². The van der Waals surface area contributed by atoms with Crippen molar-refractivity contribution in [2.24, 2.45) is 17.3 Å². The first kappa shape index (κ1) is 20.3. The molecule has 146 valence electrons. The van der Waals surface area contributed by atoms with Crippen LogP contribution in [0.5, 0.6) is 0 Å². The van der Waals surface area contributed by atoms with Gasteiger partial charge in [0.15, 0.2) is 0 Å². The summed E-state index contributed by atoms with van der Waals surface area (Å²) in [7, 11) is -3.17. The molecule has 0 saturated carbocycles. The van der Waals surface area contributed by atoms with Crippen LogP contribution >= 0.6 is 0 Å². The van der Waals surface area contributed by atoms with Crippen molar-refractivity contribution in [3.8, 4) is 0 Å². The van der Waals surface area contributed by atoms with Crippen LogP contribution in [-0.2, 0) is 21.6 Å². The van der Waals surface area contributed by atoms with Gasteiger partial charge < -0.3 is 9.45 Å². The van der Waals surface area contributed by atoms with Crippen LogP contribution in [0.1, 0.15) is 6.92 Å². The first-order valence-corrected chi connectivity index (χ1v) is 8.94. The van der Waals surface area contributed by atoms with Gasteiger partial charge >= 0.3 is 0 Å². The number of anilines is 1. The first-order valence-electron chi connectivity index (χ1n) is 7.60. The van der Waals surface area contributed by atoms with Crippen molar-refractivity contribution < 1.29 is 22.1 Å². The highest BCUT2D eigenvalue weighted by Gasteiger charge is 2.19. The summed E-state index contributed by atoms with van der Waals surface area (Å²) >= 11 is 0. The Morgan fingerprint density at radius 2 is 2.11 bits per heavy atom. The maximum atomic E-state index is 11.4. The molecule has 0 atom stereocenters.